The molecule has 1 heterocycles. The van der Waals surface area contributed by atoms with Crippen molar-refractivity contribution in [3.8, 4) is 0 Å². The zero-order valence-electron chi connectivity index (χ0n) is 8.21. The quantitative estimate of drug-likeness (QED) is 0.729. The lowest BCUT2D eigenvalue weighted by atomic mass is 10.1. The molecule has 1 aromatic rings. The Morgan fingerprint density at radius 2 is 2.50 bits per heavy atom. The summed E-state index contributed by atoms with van der Waals surface area (Å²) < 4.78 is 1.71. The predicted octanol–water partition coefficient (Wildman–Crippen LogP) is 1.04. The summed E-state index contributed by atoms with van der Waals surface area (Å²) in [5.41, 5.74) is 0.782. The molecule has 5 nitrogen and oxygen atoms in total. The molecular weight excluding hydrogens is 182 g/mol. The van der Waals surface area contributed by atoms with Crippen LogP contribution in [0.5, 0.6) is 0 Å². The predicted molar refractivity (Wildman–Crippen MR) is 50.9 cm³/mol. The SMILES string of the molecule is CCn1cc(C(C)/C=C/C(=O)O)nn1. The molecular formula is C9H13N3O2. The number of rotatable bonds is 4. The molecule has 0 aliphatic heterocycles. The van der Waals surface area contributed by atoms with Crippen LogP contribution in [0, 0.1) is 0 Å². The van der Waals surface area contributed by atoms with E-state index in [0.29, 0.717) is 0 Å². The molecule has 1 unspecified atom stereocenters. The van der Waals surface area contributed by atoms with Gasteiger partial charge >= 0.3 is 5.97 Å². The fraction of sp³-hybridized carbons (Fsp3) is 0.444. The standard InChI is InChI=1S/C9H13N3O2/c1-3-12-6-8(10-11-12)7(2)4-5-9(13)14/h4-7H,3H2,1-2H3,(H,13,14)/b5-4+. The van der Waals surface area contributed by atoms with Gasteiger partial charge in [-0.2, -0.15) is 0 Å². The minimum absolute atomic E-state index is 0.0219. The van der Waals surface area contributed by atoms with Crippen LogP contribution in [0.25, 0.3) is 0 Å². The topological polar surface area (TPSA) is 68.0 Å². The summed E-state index contributed by atoms with van der Waals surface area (Å²) in [4.78, 5) is 10.3. The van der Waals surface area contributed by atoms with Crippen LogP contribution in [0.2, 0.25) is 0 Å². The highest BCUT2D eigenvalue weighted by Crippen LogP contribution is 2.12. The second kappa shape index (κ2) is 4.55. The highest BCUT2D eigenvalue weighted by Gasteiger charge is 2.06. The Bertz CT molecular complexity index is 344. The van der Waals surface area contributed by atoms with E-state index in [4.69, 9.17) is 5.11 Å². The molecule has 1 rings (SSSR count). The highest BCUT2D eigenvalue weighted by molar-refractivity contribution is 5.79. The number of aromatic nitrogens is 3. The van der Waals surface area contributed by atoms with Crippen molar-refractivity contribution in [1.29, 1.82) is 0 Å². The number of carboxylic acid groups (broad SMARTS) is 1. The number of hydrogen-bond donors (Lipinski definition) is 1. The van der Waals surface area contributed by atoms with E-state index < -0.39 is 5.97 Å². The number of carboxylic acids is 1. The average Bonchev–Trinajstić information content (AvgIpc) is 2.62. The Balaban J connectivity index is 2.69. The van der Waals surface area contributed by atoms with E-state index in [2.05, 4.69) is 10.3 Å². The number of aryl methyl sites for hydroxylation is 1. The fourth-order valence-electron chi connectivity index (χ4n) is 1.00. The van der Waals surface area contributed by atoms with Crippen LogP contribution in [-0.4, -0.2) is 26.1 Å². The maximum Gasteiger partial charge on any atom is 0.327 e. The van der Waals surface area contributed by atoms with E-state index in [1.165, 1.54) is 0 Å². The molecule has 1 atom stereocenters. The molecule has 1 N–H and O–H groups in total. The summed E-state index contributed by atoms with van der Waals surface area (Å²) in [6.45, 7) is 4.61. The number of nitrogens with zero attached hydrogens (tertiary/aromatic N) is 3. The third-order valence-corrected chi connectivity index (χ3v) is 1.87. The smallest absolute Gasteiger partial charge is 0.327 e. The van der Waals surface area contributed by atoms with Crippen LogP contribution in [0.3, 0.4) is 0 Å². The second-order valence-electron chi connectivity index (χ2n) is 2.99. The zero-order valence-corrected chi connectivity index (χ0v) is 8.21. The van der Waals surface area contributed by atoms with Crippen LogP contribution >= 0.6 is 0 Å². The molecule has 0 fully saturated rings. The molecule has 0 spiro atoms. The molecule has 14 heavy (non-hydrogen) atoms. The molecule has 0 saturated heterocycles. The van der Waals surface area contributed by atoms with Gasteiger partial charge in [0.25, 0.3) is 0 Å². The first-order valence-corrected chi connectivity index (χ1v) is 4.44. The van der Waals surface area contributed by atoms with Crippen molar-refractivity contribution in [3.05, 3.63) is 24.0 Å². The van der Waals surface area contributed by atoms with Crippen molar-refractivity contribution in [3.63, 3.8) is 0 Å². The van der Waals surface area contributed by atoms with Gasteiger partial charge in [0.15, 0.2) is 0 Å². The third kappa shape index (κ3) is 2.69. The third-order valence-electron chi connectivity index (χ3n) is 1.87. The maximum absolute atomic E-state index is 10.3. The molecule has 5 heteroatoms. The summed E-state index contributed by atoms with van der Waals surface area (Å²) in [5.74, 6) is -0.967. The van der Waals surface area contributed by atoms with E-state index >= 15 is 0 Å². The van der Waals surface area contributed by atoms with Gasteiger partial charge in [-0.05, 0) is 6.92 Å². The fourth-order valence-corrected chi connectivity index (χ4v) is 1.00. The van der Waals surface area contributed by atoms with Gasteiger partial charge in [0.05, 0.1) is 5.69 Å². The maximum atomic E-state index is 10.3. The average molecular weight is 195 g/mol. The molecule has 0 amide bonds. The van der Waals surface area contributed by atoms with Gasteiger partial charge in [0.2, 0.25) is 0 Å². The summed E-state index contributed by atoms with van der Waals surface area (Å²) in [5, 5.41) is 16.2. The van der Waals surface area contributed by atoms with Crippen molar-refractivity contribution < 1.29 is 9.90 Å². The Hall–Kier alpha value is -1.65. The van der Waals surface area contributed by atoms with Gasteiger partial charge in [-0.15, -0.1) is 5.10 Å². The van der Waals surface area contributed by atoms with Crippen LogP contribution < -0.4 is 0 Å². The van der Waals surface area contributed by atoms with Gasteiger partial charge < -0.3 is 5.11 Å². The first-order valence-electron chi connectivity index (χ1n) is 4.44. The summed E-state index contributed by atoms with van der Waals surface area (Å²) in [7, 11) is 0. The first-order chi connectivity index (χ1) is 6.63. The van der Waals surface area contributed by atoms with Gasteiger partial charge in [-0.1, -0.05) is 18.2 Å². The van der Waals surface area contributed by atoms with Crippen LogP contribution in [0.4, 0.5) is 0 Å². The lowest BCUT2D eigenvalue weighted by molar-refractivity contribution is -0.131. The monoisotopic (exact) mass is 195 g/mol. The summed E-state index contributed by atoms with van der Waals surface area (Å²) >= 11 is 0. The summed E-state index contributed by atoms with van der Waals surface area (Å²) in [6.07, 6.45) is 4.53. The Labute approximate surface area is 82.0 Å². The van der Waals surface area contributed by atoms with E-state index in [0.717, 1.165) is 18.3 Å². The zero-order chi connectivity index (χ0) is 10.6. The van der Waals surface area contributed by atoms with Crippen molar-refractivity contribution in [2.45, 2.75) is 26.3 Å². The minimum atomic E-state index is -0.945. The van der Waals surface area contributed by atoms with Gasteiger partial charge in [0, 0.05) is 24.7 Å². The van der Waals surface area contributed by atoms with Crippen LogP contribution in [-0.2, 0) is 11.3 Å². The lowest BCUT2D eigenvalue weighted by Crippen LogP contribution is -1.93. The molecule has 0 saturated carbocycles. The van der Waals surface area contributed by atoms with E-state index in [-0.39, 0.29) is 5.92 Å². The number of allylic oxidation sites excluding steroid dienone is 1. The normalized spacial score (nSPS) is 13.3. The van der Waals surface area contributed by atoms with Gasteiger partial charge in [0.1, 0.15) is 0 Å². The molecule has 76 valence electrons. The Morgan fingerprint density at radius 3 is 3.00 bits per heavy atom. The largest absolute Gasteiger partial charge is 0.478 e. The van der Waals surface area contributed by atoms with Crippen LogP contribution in [0.1, 0.15) is 25.5 Å². The van der Waals surface area contributed by atoms with Gasteiger partial charge in [-0.3, -0.25) is 4.68 Å². The van der Waals surface area contributed by atoms with Gasteiger partial charge in [-0.25, -0.2) is 4.79 Å². The Kier molecular flexibility index (Phi) is 3.39. The highest BCUT2D eigenvalue weighted by atomic mass is 16.4. The second-order valence-corrected chi connectivity index (χ2v) is 2.99. The van der Waals surface area contributed by atoms with Crippen molar-refractivity contribution in [2.24, 2.45) is 0 Å². The molecule has 0 aliphatic carbocycles. The van der Waals surface area contributed by atoms with E-state index in [9.17, 15) is 4.79 Å². The van der Waals surface area contributed by atoms with E-state index in [1.807, 2.05) is 20.0 Å². The summed E-state index contributed by atoms with van der Waals surface area (Å²) in [6, 6.07) is 0. The first kappa shape index (κ1) is 10.4. The number of aliphatic carboxylic acids is 1. The van der Waals surface area contributed by atoms with E-state index in [1.54, 1.807) is 10.8 Å². The minimum Gasteiger partial charge on any atom is -0.478 e. The molecule has 1 aromatic heterocycles. The molecule has 0 radical (unpaired) electrons. The van der Waals surface area contributed by atoms with Crippen LogP contribution in [0.15, 0.2) is 18.3 Å². The molecule has 0 aliphatic rings. The van der Waals surface area contributed by atoms with Crippen molar-refractivity contribution in [2.75, 3.05) is 0 Å². The molecule has 0 aromatic carbocycles. The number of carbonyl (C=O) groups is 1. The van der Waals surface area contributed by atoms with Crippen molar-refractivity contribution in [1.82, 2.24) is 15.0 Å². The Morgan fingerprint density at radius 1 is 1.79 bits per heavy atom. The lowest BCUT2D eigenvalue weighted by Gasteiger charge is -1.98. The number of hydrogen-bond acceptors (Lipinski definition) is 3. The molecule has 0 bridgehead atoms. The van der Waals surface area contributed by atoms with Crippen molar-refractivity contribution >= 4 is 5.97 Å².